The molecule has 0 bridgehead atoms. The monoisotopic (exact) mass is 408 g/mol. The largest absolute Gasteiger partial charge is 0.308 e. The number of benzene rings is 3. The average Bonchev–Trinajstić information content (AvgIpc) is 3.50. The molecule has 0 fully saturated rings. The Balaban J connectivity index is 1.55. The van der Waals surface area contributed by atoms with Crippen LogP contribution in [0.2, 0.25) is 0 Å². The Labute approximate surface area is 178 Å². The Kier molecular flexibility index (Phi) is 4.76. The van der Waals surface area contributed by atoms with E-state index in [1.54, 1.807) is 4.90 Å². The molecule has 5 aromatic rings. The summed E-state index contributed by atoms with van der Waals surface area (Å²) >= 11 is 0. The van der Waals surface area contributed by atoms with Gasteiger partial charge in [0, 0.05) is 22.2 Å². The maximum atomic E-state index is 12.0. The van der Waals surface area contributed by atoms with Gasteiger partial charge in [-0.3, -0.25) is 15.0 Å². The van der Waals surface area contributed by atoms with Crippen molar-refractivity contribution in [1.82, 2.24) is 25.4 Å². The lowest BCUT2D eigenvalue weighted by Gasteiger charge is -2.26. The van der Waals surface area contributed by atoms with E-state index < -0.39 is 0 Å². The number of aromatic amines is 2. The highest BCUT2D eigenvalue weighted by Crippen LogP contribution is 2.33. The van der Waals surface area contributed by atoms with Gasteiger partial charge in [0.15, 0.2) is 5.82 Å². The van der Waals surface area contributed by atoms with Crippen LogP contribution in [0.25, 0.3) is 33.5 Å². The van der Waals surface area contributed by atoms with E-state index in [2.05, 4.69) is 25.4 Å². The molecule has 0 saturated carbocycles. The van der Waals surface area contributed by atoms with Crippen molar-refractivity contribution in [2.75, 3.05) is 4.90 Å². The Morgan fingerprint density at radius 2 is 1.81 bits per heavy atom. The maximum absolute atomic E-state index is 12.0. The van der Waals surface area contributed by atoms with Crippen LogP contribution in [-0.4, -0.2) is 31.8 Å². The van der Waals surface area contributed by atoms with Crippen molar-refractivity contribution < 1.29 is 4.79 Å². The number of hydrogen-bond donors (Lipinski definition) is 2. The van der Waals surface area contributed by atoms with Crippen LogP contribution < -0.4 is 4.90 Å². The fourth-order valence-corrected chi connectivity index (χ4v) is 3.81. The van der Waals surface area contributed by atoms with Gasteiger partial charge < -0.3 is 4.90 Å². The van der Waals surface area contributed by atoms with Gasteiger partial charge in [0.25, 0.3) is 0 Å². The molecule has 2 aromatic heterocycles. The number of amides is 1. The molecular formula is C24H20N6O. The summed E-state index contributed by atoms with van der Waals surface area (Å²) in [5.74, 6) is 0.701. The summed E-state index contributed by atoms with van der Waals surface area (Å²) in [4.78, 5) is 18.0. The van der Waals surface area contributed by atoms with Crippen molar-refractivity contribution in [3.63, 3.8) is 0 Å². The fourth-order valence-electron chi connectivity index (χ4n) is 3.81. The number of nitrogens with one attached hydrogen (secondary N) is 2. The summed E-state index contributed by atoms with van der Waals surface area (Å²) in [6.07, 6.45) is 2.36. The Morgan fingerprint density at radius 3 is 2.58 bits per heavy atom. The summed E-state index contributed by atoms with van der Waals surface area (Å²) in [5.41, 5.74) is 5.47. The minimum atomic E-state index is -0.0945. The van der Waals surface area contributed by atoms with Crippen molar-refractivity contribution in [3.8, 4) is 22.6 Å². The Hall–Kier alpha value is -4.26. The van der Waals surface area contributed by atoms with Gasteiger partial charge >= 0.3 is 0 Å². The lowest BCUT2D eigenvalue weighted by atomic mass is 10.0. The number of H-pyrrole nitrogens is 2. The van der Waals surface area contributed by atoms with Gasteiger partial charge in [-0.1, -0.05) is 42.5 Å². The number of fused-ring (bicyclic) bond motifs is 1. The van der Waals surface area contributed by atoms with Crippen molar-refractivity contribution in [2.24, 2.45) is 0 Å². The lowest BCUT2D eigenvalue weighted by Crippen LogP contribution is -2.24. The Bertz CT molecular complexity index is 1330. The highest BCUT2D eigenvalue weighted by atomic mass is 16.1. The first-order valence-electron chi connectivity index (χ1n) is 9.97. The molecule has 0 aliphatic heterocycles. The van der Waals surface area contributed by atoms with Crippen LogP contribution >= 0.6 is 0 Å². The third kappa shape index (κ3) is 3.46. The smallest absolute Gasteiger partial charge is 0.214 e. The molecule has 1 atom stereocenters. The molecule has 3 aromatic carbocycles. The number of nitrogens with zero attached hydrogens (tertiary/aromatic N) is 4. The van der Waals surface area contributed by atoms with Gasteiger partial charge in [-0.25, -0.2) is 4.98 Å². The molecule has 0 aliphatic rings. The zero-order chi connectivity index (χ0) is 21.2. The first-order valence-corrected chi connectivity index (χ1v) is 9.97. The normalized spacial score (nSPS) is 12.0. The van der Waals surface area contributed by atoms with E-state index in [1.165, 1.54) is 6.33 Å². The van der Waals surface area contributed by atoms with Crippen LogP contribution in [0.4, 0.5) is 5.69 Å². The summed E-state index contributed by atoms with van der Waals surface area (Å²) in [6, 6.07) is 23.7. The molecule has 0 unspecified atom stereocenters. The SMILES string of the molecule is C[C@@H](c1ccccc1)N(C=O)c1cccc(-c2n[nH]c3ccc(-c4ncn[nH]4)cc23)c1. The van der Waals surface area contributed by atoms with E-state index in [0.29, 0.717) is 5.82 Å². The second-order valence-electron chi connectivity index (χ2n) is 7.32. The molecule has 0 spiro atoms. The van der Waals surface area contributed by atoms with Crippen molar-refractivity contribution in [1.29, 1.82) is 0 Å². The highest BCUT2D eigenvalue weighted by molar-refractivity contribution is 5.96. The molecule has 7 nitrogen and oxygen atoms in total. The van der Waals surface area contributed by atoms with Crippen LogP contribution in [0.3, 0.4) is 0 Å². The Morgan fingerprint density at radius 1 is 0.935 bits per heavy atom. The average molecular weight is 408 g/mol. The number of carbonyl (C=O) groups excluding carboxylic acids is 1. The second kappa shape index (κ2) is 7.87. The third-order valence-corrected chi connectivity index (χ3v) is 5.48. The predicted molar refractivity (Wildman–Crippen MR) is 120 cm³/mol. The zero-order valence-corrected chi connectivity index (χ0v) is 16.9. The summed E-state index contributed by atoms with van der Waals surface area (Å²) < 4.78 is 0. The molecule has 5 rings (SSSR count). The van der Waals surface area contributed by atoms with Gasteiger partial charge in [-0.05, 0) is 42.8 Å². The van der Waals surface area contributed by atoms with E-state index in [9.17, 15) is 4.79 Å². The van der Waals surface area contributed by atoms with Crippen LogP contribution in [0, 0.1) is 0 Å². The second-order valence-corrected chi connectivity index (χ2v) is 7.32. The van der Waals surface area contributed by atoms with Gasteiger partial charge in [-0.15, -0.1) is 0 Å². The quantitative estimate of drug-likeness (QED) is 0.397. The van der Waals surface area contributed by atoms with E-state index in [4.69, 9.17) is 0 Å². The predicted octanol–water partition coefficient (Wildman–Crippen LogP) is 4.74. The van der Waals surface area contributed by atoms with Crippen LogP contribution in [0.1, 0.15) is 18.5 Å². The van der Waals surface area contributed by atoms with Crippen molar-refractivity contribution >= 4 is 23.0 Å². The molecule has 1 amide bonds. The van der Waals surface area contributed by atoms with Crippen LogP contribution in [0.15, 0.2) is 79.1 Å². The van der Waals surface area contributed by atoms with Crippen molar-refractivity contribution in [2.45, 2.75) is 13.0 Å². The molecule has 0 aliphatic carbocycles. The minimum absolute atomic E-state index is 0.0945. The fraction of sp³-hybridized carbons (Fsp3) is 0.0833. The zero-order valence-electron chi connectivity index (χ0n) is 16.9. The molecule has 152 valence electrons. The summed E-state index contributed by atoms with van der Waals surface area (Å²) in [6.45, 7) is 2.02. The summed E-state index contributed by atoms with van der Waals surface area (Å²) in [5, 5.41) is 15.4. The summed E-state index contributed by atoms with van der Waals surface area (Å²) in [7, 11) is 0. The van der Waals surface area contributed by atoms with Crippen LogP contribution in [0.5, 0.6) is 0 Å². The number of aromatic nitrogens is 5. The molecule has 31 heavy (non-hydrogen) atoms. The molecule has 7 heteroatoms. The van der Waals surface area contributed by atoms with Gasteiger partial charge in [0.2, 0.25) is 6.41 Å². The third-order valence-electron chi connectivity index (χ3n) is 5.48. The van der Waals surface area contributed by atoms with E-state index in [0.717, 1.165) is 45.4 Å². The van der Waals surface area contributed by atoms with Gasteiger partial charge in [0.1, 0.15) is 6.33 Å². The van der Waals surface area contributed by atoms with Gasteiger partial charge in [-0.2, -0.15) is 10.2 Å². The van der Waals surface area contributed by atoms with Crippen molar-refractivity contribution in [3.05, 3.63) is 84.7 Å². The van der Waals surface area contributed by atoms with E-state index in [1.807, 2.05) is 79.7 Å². The number of anilines is 1. The van der Waals surface area contributed by atoms with E-state index >= 15 is 0 Å². The number of hydrogen-bond acceptors (Lipinski definition) is 4. The number of rotatable bonds is 6. The molecule has 2 heterocycles. The minimum Gasteiger partial charge on any atom is -0.308 e. The van der Waals surface area contributed by atoms with Crippen LogP contribution in [-0.2, 0) is 4.79 Å². The number of carbonyl (C=O) groups is 1. The molecule has 2 N–H and O–H groups in total. The molecule has 0 radical (unpaired) electrons. The maximum Gasteiger partial charge on any atom is 0.214 e. The topological polar surface area (TPSA) is 90.6 Å². The lowest BCUT2D eigenvalue weighted by molar-refractivity contribution is -0.107. The van der Waals surface area contributed by atoms with Gasteiger partial charge in [0.05, 0.1) is 17.3 Å². The standard InChI is InChI=1S/C24H20N6O/c1-16(17-6-3-2-4-7-17)30(15-31)20-9-5-8-18(12-20)23-21-13-19(24-25-14-26-29-24)10-11-22(21)27-28-23/h2-16H,1H3,(H,27,28)(H,25,26,29)/t16-/m0/s1. The highest BCUT2D eigenvalue weighted by Gasteiger charge is 2.17. The molecular weight excluding hydrogens is 388 g/mol. The van der Waals surface area contributed by atoms with E-state index in [-0.39, 0.29) is 6.04 Å². The molecule has 0 saturated heterocycles. The first kappa shape index (κ1) is 18.7. The first-order chi connectivity index (χ1) is 15.2.